The van der Waals surface area contributed by atoms with Crippen molar-refractivity contribution in [1.82, 2.24) is 5.32 Å². The van der Waals surface area contributed by atoms with Gasteiger partial charge in [0.15, 0.2) is 11.5 Å². The van der Waals surface area contributed by atoms with E-state index in [1.165, 1.54) is 7.11 Å². The first-order valence-corrected chi connectivity index (χ1v) is 7.83. The Bertz CT molecular complexity index is 808. The van der Waals surface area contributed by atoms with Crippen molar-refractivity contribution in [1.29, 1.82) is 0 Å². The predicted molar refractivity (Wildman–Crippen MR) is 88.4 cm³/mol. The molecule has 3 rings (SSSR count). The largest absolute Gasteiger partial charge is 0.486 e. The van der Waals surface area contributed by atoms with Crippen LogP contribution in [0.5, 0.6) is 11.5 Å². The first-order chi connectivity index (χ1) is 11.9. The molecule has 2 N–H and O–H groups in total. The number of ether oxygens (including phenoxy) is 3. The summed E-state index contributed by atoms with van der Waals surface area (Å²) in [5, 5.41) is 12.7. The smallest absolute Gasteiger partial charge is 0.336 e. The van der Waals surface area contributed by atoms with Crippen LogP contribution in [-0.4, -0.2) is 37.4 Å². The van der Waals surface area contributed by atoms with E-state index < -0.39 is 17.9 Å². The molecule has 0 bridgehead atoms. The number of carbonyl (C=O) groups is 2. The standard InChI is InChI=1S/C18H19NO6/c1-9-14(17(20)21)16(15(10(2)19-9)18(22)23-3)11-4-5-12-13(8-11)25-7-6-24-12/h4-5,8,16,19H,6-7H2,1-3H3,(H,20,21). The second-order valence-electron chi connectivity index (χ2n) is 5.84. The third kappa shape index (κ3) is 2.93. The van der Waals surface area contributed by atoms with Gasteiger partial charge in [0, 0.05) is 11.4 Å². The lowest BCUT2D eigenvalue weighted by Crippen LogP contribution is -2.31. The summed E-state index contributed by atoms with van der Waals surface area (Å²) < 4.78 is 16.0. The van der Waals surface area contributed by atoms with Crippen molar-refractivity contribution >= 4 is 11.9 Å². The molecule has 1 unspecified atom stereocenters. The zero-order valence-corrected chi connectivity index (χ0v) is 14.2. The zero-order valence-electron chi connectivity index (χ0n) is 14.2. The SMILES string of the molecule is COC(=O)C1=C(C)NC(C)=C(C(=O)O)C1c1ccc2c(c1)OCCO2. The van der Waals surface area contributed by atoms with Crippen molar-refractivity contribution in [3.63, 3.8) is 0 Å². The molecule has 7 heteroatoms. The van der Waals surface area contributed by atoms with Crippen molar-refractivity contribution in [3.05, 3.63) is 46.3 Å². The van der Waals surface area contributed by atoms with Crippen LogP contribution in [0.25, 0.3) is 0 Å². The monoisotopic (exact) mass is 345 g/mol. The number of carboxylic acids is 1. The summed E-state index contributed by atoms with van der Waals surface area (Å²) in [7, 11) is 1.27. The molecular weight excluding hydrogens is 326 g/mol. The molecule has 2 heterocycles. The lowest BCUT2D eigenvalue weighted by atomic mass is 9.80. The summed E-state index contributed by atoms with van der Waals surface area (Å²) in [6.07, 6.45) is 0. The highest BCUT2D eigenvalue weighted by Crippen LogP contribution is 2.42. The van der Waals surface area contributed by atoms with E-state index >= 15 is 0 Å². The van der Waals surface area contributed by atoms with E-state index in [0.717, 1.165) is 0 Å². The first kappa shape index (κ1) is 16.9. The second-order valence-corrected chi connectivity index (χ2v) is 5.84. The van der Waals surface area contributed by atoms with E-state index in [2.05, 4.69) is 5.32 Å². The Balaban J connectivity index is 2.17. The molecule has 1 atom stereocenters. The van der Waals surface area contributed by atoms with E-state index in [4.69, 9.17) is 14.2 Å². The minimum absolute atomic E-state index is 0.0997. The van der Waals surface area contributed by atoms with Crippen LogP contribution in [0.4, 0.5) is 0 Å². The Labute approximate surface area is 144 Å². The first-order valence-electron chi connectivity index (χ1n) is 7.83. The average molecular weight is 345 g/mol. The van der Waals surface area contributed by atoms with Crippen LogP contribution in [0.15, 0.2) is 40.7 Å². The molecule has 1 aromatic rings. The van der Waals surface area contributed by atoms with Gasteiger partial charge in [0.25, 0.3) is 0 Å². The molecule has 0 aliphatic carbocycles. The van der Waals surface area contributed by atoms with Crippen molar-refractivity contribution < 1.29 is 28.9 Å². The number of carbonyl (C=O) groups excluding carboxylic acids is 1. The number of hydrogen-bond acceptors (Lipinski definition) is 6. The maximum absolute atomic E-state index is 12.3. The topological polar surface area (TPSA) is 94.1 Å². The van der Waals surface area contributed by atoms with Crippen LogP contribution in [0, 0.1) is 0 Å². The molecule has 0 fully saturated rings. The molecule has 0 radical (unpaired) electrons. The van der Waals surface area contributed by atoms with E-state index in [0.29, 0.717) is 41.7 Å². The fourth-order valence-corrected chi connectivity index (χ4v) is 3.23. The number of allylic oxidation sites excluding steroid dienone is 2. The summed E-state index contributed by atoms with van der Waals surface area (Å²) in [6, 6.07) is 5.19. The minimum Gasteiger partial charge on any atom is -0.486 e. The fourth-order valence-electron chi connectivity index (χ4n) is 3.23. The molecule has 132 valence electrons. The third-order valence-electron chi connectivity index (χ3n) is 4.30. The van der Waals surface area contributed by atoms with Gasteiger partial charge in [0.2, 0.25) is 0 Å². The summed E-state index contributed by atoms with van der Waals surface area (Å²) >= 11 is 0. The van der Waals surface area contributed by atoms with Crippen molar-refractivity contribution in [2.24, 2.45) is 0 Å². The second kappa shape index (κ2) is 6.51. The van der Waals surface area contributed by atoms with E-state index in [1.54, 1.807) is 32.0 Å². The molecule has 0 aromatic heterocycles. The van der Waals surface area contributed by atoms with Gasteiger partial charge in [0.1, 0.15) is 13.2 Å². The third-order valence-corrected chi connectivity index (χ3v) is 4.30. The number of aliphatic carboxylic acids is 1. The number of esters is 1. The fraction of sp³-hybridized carbons (Fsp3) is 0.333. The van der Waals surface area contributed by atoms with Gasteiger partial charge in [-0.2, -0.15) is 0 Å². The Kier molecular flexibility index (Phi) is 4.39. The molecule has 0 saturated heterocycles. The Morgan fingerprint density at radius 1 is 1.12 bits per heavy atom. The Morgan fingerprint density at radius 3 is 2.40 bits per heavy atom. The van der Waals surface area contributed by atoms with Crippen LogP contribution in [0.3, 0.4) is 0 Å². The lowest BCUT2D eigenvalue weighted by molar-refractivity contribution is -0.136. The molecule has 25 heavy (non-hydrogen) atoms. The van der Waals surface area contributed by atoms with Gasteiger partial charge in [-0.1, -0.05) is 6.07 Å². The molecule has 2 aliphatic rings. The highest BCUT2D eigenvalue weighted by Gasteiger charge is 2.37. The van der Waals surface area contributed by atoms with E-state index in [-0.39, 0.29) is 11.1 Å². The predicted octanol–water partition coefficient (Wildman–Crippen LogP) is 1.95. The highest BCUT2D eigenvalue weighted by molar-refractivity contribution is 5.99. The number of nitrogens with one attached hydrogen (secondary N) is 1. The van der Waals surface area contributed by atoms with Crippen molar-refractivity contribution in [2.45, 2.75) is 19.8 Å². The van der Waals surface area contributed by atoms with Crippen molar-refractivity contribution in [2.75, 3.05) is 20.3 Å². The lowest BCUT2D eigenvalue weighted by Gasteiger charge is -2.30. The quantitative estimate of drug-likeness (QED) is 0.809. The molecule has 0 amide bonds. The Morgan fingerprint density at radius 2 is 1.76 bits per heavy atom. The van der Waals surface area contributed by atoms with Gasteiger partial charge in [-0.3, -0.25) is 0 Å². The van der Waals surface area contributed by atoms with Crippen LogP contribution >= 0.6 is 0 Å². The van der Waals surface area contributed by atoms with Gasteiger partial charge in [-0.25, -0.2) is 9.59 Å². The number of rotatable bonds is 3. The minimum atomic E-state index is -1.10. The summed E-state index contributed by atoms with van der Waals surface area (Å²) in [6.45, 7) is 4.28. The Hall–Kier alpha value is -2.96. The normalized spacial score (nSPS) is 19.4. The number of carboxylic acid groups (broad SMARTS) is 1. The molecule has 0 saturated carbocycles. The maximum Gasteiger partial charge on any atom is 0.336 e. The van der Waals surface area contributed by atoms with Gasteiger partial charge in [-0.05, 0) is 31.5 Å². The van der Waals surface area contributed by atoms with Gasteiger partial charge < -0.3 is 24.6 Å². The van der Waals surface area contributed by atoms with Gasteiger partial charge >= 0.3 is 11.9 Å². The number of dihydropyridines is 1. The van der Waals surface area contributed by atoms with Crippen LogP contribution in [0.2, 0.25) is 0 Å². The summed E-state index contributed by atoms with van der Waals surface area (Å²) in [5.74, 6) is -1.30. The molecule has 7 nitrogen and oxygen atoms in total. The van der Waals surface area contributed by atoms with Crippen LogP contribution in [-0.2, 0) is 14.3 Å². The molecule has 2 aliphatic heterocycles. The van der Waals surface area contributed by atoms with Gasteiger partial charge in [0.05, 0.1) is 24.2 Å². The number of methoxy groups -OCH3 is 1. The number of benzene rings is 1. The number of fused-ring (bicyclic) bond motifs is 1. The van der Waals surface area contributed by atoms with Crippen molar-refractivity contribution in [3.8, 4) is 11.5 Å². The molecule has 0 spiro atoms. The average Bonchev–Trinajstić information content (AvgIpc) is 2.59. The summed E-state index contributed by atoms with van der Waals surface area (Å²) in [5.41, 5.74) is 2.04. The maximum atomic E-state index is 12.3. The molecule has 1 aromatic carbocycles. The van der Waals surface area contributed by atoms with E-state index in [1.807, 2.05) is 0 Å². The highest BCUT2D eigenvalue weighted by atomic mass is 16.6. The molecular formula is C18H19NO6. The summed E-state index contributed by atoms with van der Waals surface area (Å²) in [4.78, 5) is 24.2. The van der Waals surface area contributed by atoms with E-state index in [9.17, 15) is 14.7 Å². The zero-order chi connectivity index (χ0) is 18.1. The van der Waals surface area contributed by atoms with Crippen LogP contribution < -0.4 is 14.8 Å². The number of hydrogen-bond donors (Lipinski definition) is 2. The van der Waals surface area contributed by atoms with Gasteiger partial charge in [-0.15, -0.1) is 0 Å². The van der Waals surface area contributed by atoms with Crippen LogP contribution in [0.1, 0.15) is 25.3 Å².